The van der Waals surface area contributed by atoms with Gasteiger partial charge in [0.2, 0.25) is 5.91 Å². The molecule has 5 heteroatoms. The molecule has 3 heterocycles. The number of amides is 2. The molecule has 0 bridgehead atoms. The summed E-state index contributed by atoms with van der Waals surface area (Å²) in [5.74, 6) is 1.05. The molecule has 1 aromatic carbocycles. The summed E-state index contributed by atoms with van der Waals surface area (Å²) in [5, 5.41) is 0. The van der Waals surface area contributed by atoms with Crippen LogP contribution in [0.4, 0.5) is 0 Å². The number of carbonyl (C=O) groups excluding carboxylic acids is 2. The van der Waals surface area contributed by atoms with Gasteiger partial charge >= 0.3 is 0 Å². The molecule has 0 aliphatic carbocycles. The first-order valence-electron chi connectivity index (χ1n) is 9.81. The summed E-state index contributed by atoms with van der Waals surface area (Å²) in [4.78, 5) is 29.2. The van der Waals surface area contributed by atoms with Crippen LogP contribution in [0.3, 0.4) is 0 Å². The maximum absolute atomic E-state index is 13.2. The van der Waals surface area contributed by atoms with Crippen molar-refractivity contribution in [3.63, 3.8) is 0 Å². The molecule has 142 valence electrons. The lowest BCUT2D eigenvalue weighted by Gasteiger charge is -2.48. The van der Waals surface area contributed by atoms with Gasteiger partial charge in [0.15, 0.2) is 0 Å². The van der Waals surface area contributed by atoms with Crippen LogP contribution >= 0.6 is 0 Å². The summed E-state index contributed by atoms with van der Waals surface area (Å²) in [7, 11) is 0. The van der Waals surface area contributed by atoms with Crippen molar-refractivity contribution in [2.45, 2.75) is 32.6 Å². The molecule has 0 radical (unpaired) electrons. The van der Waals surface area contributed by atoms with Crippen molar-refractivity contribution < 1.29 is 14.3 Å². The number of likely N-dealkylation sites (tertiary alicyclic amines) is 2. The normalized spacial score (nSPS) is 24.9. The molecule has 2 amide bonds. The van der Waals surface area contributed by atoms with Crippen LogP contribution in [0, 0.1) is 5.41 Å². The van der Waals surface area contributed by atoms with Crippen molar-refractivity contribution in [2.24, 2.45) is 5.41 Å². The molecule has 27 heavy (non-hydrogen) atoms. The second kappa shape index (κ2) is 7.22. The standard InChI is InChI=1S/C22H26N2O3/c1-2-23-15-22(11-8-20(23)25)10-5-12-24(16-22)21(26)18-9-13-27-19-7-4-3-6-17(19)14-18/h3-4,6-7,9,13-14H,2,5,8,10-12,15-16H2,1H3/t22-/m0/s1. The van der Waals surface area contributed by atoms with E-state index in [0.717, 1.165) is 56.8 Å². The van der Waals surface area contributed by atoms with Gasteiger partial charge < -0.3 is 14.5 Å². The van der Waals surface area contributed by atoms with Crippen molar-refractivity contribution in [1.29, 1.82) is 0 Å². The Morgan fingerprint density at radius 1 is 1.22 bits per heavy atom. The maximum Gasteiger partial charge on any atom is 0.254 e. The Morgan fingerprint density at radius 3 is 2.93 bits per heavy atom. The van der Waals surface area contributed by atoms with Gasteiger partial charge in [-0.15, -0.1) is 0 Å². The highest BCUT2D eigenvalue weighted by molar-refractivity contribution is 6.01. The zero-order valence-electron chi connectivity index (χ0n) is 15.8. The number of para-hydroxylation sites is 1. The van der Waals surface area contributed by atoms with Crippen molar-refractivity contribution in [1.82, 2.24) is 9.80 Å². The van der Waals surface area contributed by atoms with E-state index in [1.54, 1.807) is 12.3 Å². The maximum atomic E-state index is 13.2. The van der Waals surface area contributed by atoms with E-state index in [-0.39, 0.29) is 17.2 Å². The Kier molecular flexibility index (Phi) is 4.77. The fraction of sp³-hybridized carbons (Fsp3) is 0.455. The quantitative estimate of drug-likeness (QED) is 0.807. The van der Waals surface area contributed by atoms with Gasteiger partial charge in [-0.2, -0.15) is 0 Å². The van der Waals surface area contributed by atoms with Gasteiger partial charge in [0.25, 0.3) is 5.91 Å². The smallest absolute Gasteiger partial charge is 0.254 e. The van der Waals surface area contributed by atoms with Crippen LogP contribution in [0.25, 0.3) is 6.08 Å². The van der Waals surface area contributed by atoms with Gasteiger partial charge in [-0.1, -0.05) is 18.2 Å². The molecule has 0 unspecified atom stereocenters. The van der Waals surface area contributed by atoms with E-state index >= 15 is 0 Å². The molecule has 0 N–H and O–H groups in total. The van der Waals surface area contributed by atoms with Crippen molar-refractivity contribution >= 4 is 17.9 Å². The minimum atomic E-state index is 0.0429. The average Bonchev–Trinajstić information content (AvgIpc) is 2.92. The van der Waals surface area contributed by atoms with Crippen LogP contribution in [0.15, 0.2) is 42.2 Å². The Hall–Kier alpha value is -2.56. The molecule has 3 aliphatic rings. The lowest BCUT2D eigenvalue weighted by atomic mass is 9.73. The fourth-order valence-electron chi connectivity index (χ4n) is 4.52. The van der Waals surface area contributed by atoms with Crippen molar-refractivity contribution in [3.8, 4) is 5.75 Å². The molecule has 1 aromatic rings. The molecule has 1 spiro atoms. The lowest BCUT2D eigenvalue weighted by Crippen LogP contribution is -2.55. The summed E-state index contributed by atoms with van der Waals surface area (Å²) >= 11 is 0. The topological polar surface area (TPSA) is 49.9 Å². The molecule has 0 saturated carbocycles. The van der Waals surface area contributed by atoms with Gasteiger partial charge in [0, 0.05) is 49.2 Å². The van der Waals surface area contributed by atoms with E-state index in [4.69, 9.17) is 4.74 Å². The second-order valence-electron chi connectivity index (χ2n) is 7.80. The van der Waals surface area contributed by atoms with Crippen LogP contribution < -0.4 is 4.74 Å². The average molecular weight is 366 g/mol. The minimum absolute atomic E-state index is 0.0429. The number of nitrogens with zero attached hydrogens (tertiary/aromatic N) is 2. The molecule has 5 nitrogen and oxygen atoms in total. The number of hydrogen-bond donors (Lipinski definition) is 0. The highest BCUT2D eigenvalue weighted by Crippen LogP contribution is 2.39. The third kappa shape index (κ3) is 3.51. The number of hydrogen-bond acceptors (Lipinski definition) is 3. The predicted octanol–water partition coefficient (Wildman–Crippen LogP) is 3.23. The lowest BCUT2D eigenvalue weighted by molar-refractivity contribution is -0.141. The van der Waals surface area contributed by atoms with Gasteiger partial charge in [0.1, 0.15) is 5.75 Å². The molecule has 3 aliphatic heterocycles. The third-order valence-corrected chi connectivity index (χ3v) is 6.00. The van der Waals surface area contributed by atoms with E-state index in [1.807, 2.05) is 47.1 Å². The summed E-state index contributed by atoms with van der Waals surface area (Å²) < 4.78 is 5.62. The number of piperidine rings is 2. The van der Waals surface area contributed by atoms with E-state index in [2.05, 4.69) is 0 Å². The number of benzene rings is 1. The summed E-state index contributed by atoms with van der Waals surface area (Å²) in [6.45, 7) is 5.04. The van der Waals surface area contributed by atoms with E-state index in [9.17, 15) is 9.59 Å². The molecule has 0 aromatic heterocycles. The molecule has 1 atom stereocenters. The van der Waals surface area contributed by atoms with Gasteiger partial charge in [-0.25, -0.2) is 0 Å². The zero-order valence-corrected chi connectivity index (χ0v) is 15.8. The van der Waals surface area contributed by atoms with Crippen LogP contribution in [-0.4, -0.2) is 47.8 Å². The second-order valence-corrected chi connectivity index (χ2v) is 7.80. The largest absolute Gasteiger partial charge is 0.464 e. The van der Waals surface area contributed by atoms with Gasteiger partial charge in [0.05, 0.1) is 6.26 Å². The first-order chi connectivity index (χ1) is 13.1. The Bertz CT molecular complexity index is 814. The summed E-state index contributed by atoms with van der Waals surface area (Å²) in [5.41, 5.74) is 1.61. The molecule has 2 fully saturated rings. The highest BCUT2D eigenvalue weighted by Gasteiger charge is 2.42. The van der Waals surface area contributed by atoms with E-state index < -0.39 is 0 Å². The number of rotatable bonds is 2. The molecular weight excluding hydrogens is 340 g/mol. The number of ether oxygens (including phenoxy) is 1. The van der Waals surface area contributed by atoms with E-state index in [1.165, 1.54) is 0 Å². The van der Waals surface area contributed by atoms with Crippen LogP contribution in [-0.2, 0) is 9.59 Å². The molecule has 2 saturated heterocycles. The number of fused-ring (bicyclic) bond motifs is 1. The highest BCUT2D eigenvalue weighted by atomic mass is 16.5. The van der Waals surface area contributed by atoms with E-state index in [0.29, 0.717) is 12.0 Å². The Balaban J connectivity index is 1.54. The Morgan fingerprint density at radius 2 is 2.07 bits per heavy atom. The summed E-state index contributed by atoms with van der Waals surface area (Å²) in [6, 6.07) is 7.73. The number of carbonyl (C=O) groups is 2. The summed E-state index contributed by atoms with van der Waals surface area (Å²) in [6.07, 6.45) is 8.81. The zero-order chi connectivity index (χ0) is 18.9. The minimum Gasteiger partial charge on any atom is -0.464 e. The predicted molar refractivity (Wildman–Crippen MR) is 104 cm³/mol. The Labute approximate surface area is 160 Å². The van der Waals surface area contributed by atoms with Crippen molar-refractivity contribution in [3.05, 3.63) is 47.7 Å². The monoisotopic (exact) mass is 366 g/mol. The van der Waals surface area contributed by atoms with Crippen LogP contribution in [0.2, 0.25) is 0 Å². The third-order valence-electron chi connectivity index (χ3n) is 6.00. The van der Waals surface area contributed by atoms with Gasteiger partial charge in [-0.3, -0.25) is 9.59 Å². The molecule has 4 rings (SSSR count). The first-order valence-corrected chi connectivity index (χ1v) is 9.81. The van der Waals surface area contributed by atoms with Crippen LogP contribution in [0.1, 0.15) is 38.2 Å². The molecular formula is C22H26N2O3. The van der Waals surface area contributed by atoms with Crippen LogP contribution in [0.5, 0.6) is 5.75 Å². The SMILES string of the molecule is CCN1C[C@]2(CCCN(C(=O)C3=Cc4ccccc4OC=C3)C2)CCC1=O. The van der Waals surface area contributed by atoms with Crippen molar-refractivity contribution in [2.75, 3.05) is 26.2 Å². The van der Waals surface area contributed by atoms with Gasteiger partial charge in [-0.05, 0) is 44.4 Å². The first kappa shape index (κ1) is 17.8. The fourth-order valence-corrected chi connectivity index (χ4v) is 4.52.